The Morgan fingerprint density at radius 1 is 0.932 bits per heavy atom. The number of phenols is 1. The molecule has 10 heteroatoms. The number of cyclic esters (lactones) is 2. The molecule has 0 aliphatic carbocycles. The van der Waals surface area contributed by atoms with Gasteiger partial charge in [-0.15, -0.1) is 0 Å². The molecule has 2 heterocycles. The van der Waals surface area contributed by atoms with Crippen molar-refractivity contribution in [3.8, 4) is 5.75 Å². The van der Waals surface area contributed by atoms with Gasteiger partial charge in [0.2, 0.25) is 11.8 Å². The highest BCUT2D eigenvalue weighted by atomic mass is 16.6. The Hall–Kier alpha value is -4.18. The van der Waals surface area contributed by atoms with Gasteiger partial charge in [-0.2, -0.15) is 0 Å². The Kier molecular flexibility index (Phi) is 10.5. The van der Waals surface area contributed by atoms with Gasteiger partial charge in [0.1, 0.15) is 24.0 Å². The Balaban J connectivity index is 1.63. The van der Waals surface area contributed by atoms with Crippen molar-refractivity contribution in [2.45, 2.75) is 77.9 Å². The first-order valence-electron chi connectivity index (χ1n) is 15.0. The van der Waals surface area contributed by atoms with Gasteiger partial charge in [-0.3, -0.25) is 14.4 Å². The summed E-state index contributed by atoms with van der Waals surface area (Å²) >= 11 is 0. The highest BCUT2D eigenvalue weighted by molar-refractivity contribution is 5.93. The van der Waals surface area contributed by atoms with Gasteiger partial charge in [-0.1, -0.05) is 69.3 Å². The van der Waals surface area contributed by atoms with Crippen molar-refractivity contribution in [1.82, 2.24) is 10.6 Å². The van der Waals surface area contributed by atoms with Crippen LogP contribution >= 0.6 is 0 Å². The van der Waals surface area contributed by atoms with Crippen LogP contribution in [0.3, 0.4) is 0 Å². The molecule has 1 saturated heterocycles. The van der Waals surface area contributed by atoms with Gasteiger partial charge in [0.05, 0.1) is 11.5 Å². The van der Waals surface area contributed by atoms with Crippen LogP contribution in [0.2, 0.25) is 0 Å². The van der Waals surface area contributed by atoms with Crippen molar-refractivity contribution in [1.29, 1.82) is 0 Å². The van der Waals surface area contributed by atoms with E-state index in [0.717, 1.165) is 5.56 Å². The average molecular weight is 607 g/mol. The smallest absolute Gasteiger partial charge is 0.347 e. The van der Waals surface area contributed by atoms with Gasteiger partial charge in [-0.25, -0.2) is 4.79 Å². The predicted octanol–water partition coefficient (Wildman–Crippen LogP) is 4.30. The third-order valence-electron chi connectivity index (χ3n) is 7.89. The van der Waals surface area contributed by atoms with Gasteiger partial charge in [-0.05, 0) is 55.5 Å². The summed E-state index contributed by atoms with van der Waals surface area (Å²) in [5, 5.41) is 15.1. The van der Waals surface area contributed by atoms with Crippen molar-refractivity contribution in [2.24, 2.45) is 17.3 Å². The Morgan fingerprint density at radius 3 is 2.27 bits per heavy atom. The van der Waals surface area contributed by atoms with Crippen molar-refractivity contribution < 1.29 is 38.5 Å². The second-order valence-corrected chi connectivity index (χ2v) is 12.6. The van der Waals surface area contributed by atoms with Crippen molar-refractivity contribution in [2.75, 3.05) is 6.54 Å². The van der Waals surface area contributed by atoms with Gasteiger partial charge in [0, 0.05) is 18.9 Å². The zero-order chi connectivity index (χ0) is 32.0. The molecule has 0 aromatic heterocycles. The number of amides is 2. The minimum absolute atomic E-state index is 0.0114. The van der Waals surface area contributed by atoms with Crippen LogP contribution in [0.4, 0.5) is 0 Å². The average Bonchev–Trinajstić information content (AvgIpc) is 3.79. The lowest BCUT2D eigenvalue weighted by Gasteiger charge is -2.29. The van der Waals surface area contributed by atoms with Gasteiger partial charge < -0.3 is 30.0 Å². The Labute approximate surface area is 258 Å². The molecule has 2 aliphatic rings. The Bertz CT molecular complexity index is 1360. The molecule has 236 valence electrons. The van der Waals surface area contributed by atoms with Crippen LogP contribution < -0.4 is 10.6 Å². The lowest BCUT2D eigenvalue weighted by molar-refractivity contribution is -0.179. The third kappa shape index (κ3) is 8.47. The van der Waals surface area contributed by atoms with Crippen LogP contribution in [0.5, 0.6) is 5.75 Å². The second-order valence-electron chi connectivity index (χ2n) is 12.6. The van der Waals surface area contributed by atoms with Crippen LogP contribution in [-0.4, -0.2) is 53.7 Å². The third-order valence-corrected chi connectivity index (χ3v) is 7.89. The molecule has 2 aromatic rings. The summed E-state index contributed by atoms with van der Waals surface area (Å²) < 4.78 is 17.8. The topological polar surface area (TPSA) is 144 Å². The summed E-state index contributed by atoms with van der Waals surface area (Å²) in [7, 11) is 0. The quantitative estimate of drug-likeness (QED) is 0.326. The number of rotatable bonds is 6. The molecule has 44 heavy (non-hydrogen) atoms. The maximum atomic E-state index is 13.5. The molecule has 0 saturated carbocycles. The van der Waals surface area contributed by atoms with Crippen LogP contribution in [0.25, 0.3) is 0 Å². The molecule has 3 N–H and O–H groups in total. The van der Waals surface area contributed by atoms with Crippen LogP contribution in [0.1, 0.15) is 70.7 Å². The van der Waals surface area contributed by atoms with Crippen LogP contribution in [0.15, 0.2) is 66.7 Å². The molecule has 1 fully saturated rings. The number of carbonyl (C=O) groups is 4. The highest BCUT2D eigenvalue weighted by Gasteiger charge is 2.48. The lowest BCUT2D eigenvalue weighted by atomic mass is 9.92. The molecule has 0 spiro atoms. The second kappa shape index (κ2) is 14.1. The number of ether oxygens (including phenoxy) is 3. The number of epoxide rings is 1. The van der Waals surface area contributed by atoms with Crippen LogP contribution in [-0.2, 0) is 33.4 Å². The van der Waals surface area contributed by atoms with Crippen molar-refractivity contribution in [3.05, 3.63) is 77.9 Å². The molecule has 1 unspecified atom stereocenters. The van der Waals surface area contributed by atoms with Gasteiger partial charge in [0.15, 0.2) is 6.10 Å². The number of phenolic OH excluding ortho intramolecular Hbond substituents is 1. The molecule has 10 nitrogen and oxygen atoms in total. The number of aromatic hydroxyl groups is 1. The van der Waals surface area contributed by atoms with E-state index in [1.165, 1.54) is 30.3 Å². The fourth-order valence-corrected chi connectivity index (χ4v) is 5.10. The maximum Gasteiger partial charge on any atom is 0.347 e. The van der Waals surface area contributed by atoms with E-state index in [1.807, 2.05) is 51.1 Å². The van der Waals surface area contributed by atoms with Crippen molar-refractivity contribution >= 4 is 23.8 Å². The van der Waals surface area contributed by atoms with E-state index in [9.17, 15) is 24.3 Å². The first kappa shape index (κ1) is 32.7. The van der Waals surface area contributed by atoms with E-state index in [0.29, 0.717) is 5.56 Å². The van der Waals surface area contributed by atoms with E-state index in [-0.39, 0.29) is 49.2 Å². The number of hydrogen-bond donors (Lipinski definition) is 3. The predicted molar refractivity (Wildman–Crippen MR) is 162 cm³/mol. The largest absolute Gasteiger partial charge is 0.508 e. The van der Waals surface area contributed by atoms with Crippen molar-refractivity contribution in [3.63, 3.8) is 0 Å². The van der Waals surface area contributed by atoms with Gasteiger partial charge >= 0.3 is 11.9 Å². The summed E-state index contributed by atoms with van der Waals surface area (Å²) in [6.45, 7) is 8.85. The minimum Gasteiger partial charge on any atom is -0.508 e. The molecular weight excluding hydrogens is 564 g/mol. The van der Waals surface area contributed by atoms with E-state index in [2.05, 4.69) is 10.6 Å². The minimum atomic E-state index is -1.21. The van der Waals surface area contributed by atoms with E-state index >= 15 is 0 Å². The number of carbonyl (C=O) groups excluding carboxylic acids is 4. The molecule has 2 aromatic carbocycles. The van der Waals surface area contributed by atoms with E-state index in [1.54, 1.807) is 19.9 Å². The highest BCUT2D eigenvalue weighted by Crippen LogP contribution is 2.45. The number of nitrogens with one attached hydrogen (secondary N) is 2. The summed E-state index contributed by atoms with van der Waals surface area (Å²) in [5.41, 5.74) is 0.258. The summed E-state index contributed by atoms with van der Waals surface area (Å²) in [6.07, 6.45) is 1.14. The first-order chi connectivity index (χ1) is 20.9. The molecular formula is C34H42N2O8. The molecule has 0 bridgehead atoms. The normalized spacial score (nSPS) is 27.8. The summed E-state index contributed by atoms with van der Waals surface area (Å²) in [6, 6.07) is 14.6. The van der Waals surface area contributed by atoms with Crippen LogP contribution in [0, 0.1) is 17.3 Å². The SMILES string of the molecule is CC(C)CC1OC(=O)C(C)(C)CNC(=O)[C@@H](c2ccc(O)cc2)NC(=O)/C=C/C[C@@H]([C@H](C)[C@H]2O[C@@H]2c2ccccc2)OC1=O. The monoisotopic (exact) mass is 606 g/mol. The van der Waals surface area contributed by atoms with E-state index in [4.69, 9.17) is 14.2 Å². The van der Waals surface area contributed by atoms with E-state index < -0.39 is 47.4 Å². The molecule has 2 amide bonds. The lowest BCUT2D eigenvalue weighted by Crippen LogP contribution is -2.47. The standard InChI is InChI=1S/C34H42N2O8/c1-20(2)18-26-32(40)42-25(21(3)29-30(44-29)23-10-7-6-8-11-23)12-9-13-27(38)36-28(22-14-16-24(37)17-15-22)31(39)35-19-34(4,5)33(41)43-26/h6-11,13-17,20-21,25-26,28-30,37H,12,18-19H2,1-5H3,(H,35,39)(H,36,38)/b13-9+/t21-,25-,26?,28+,29+,30+/m0/s1. The molecule has 0 radical (unpaired) electrons. The molecule has 6 atom stereocenters. The number of hydrogen-bond acceptors (Lipinski definition) is 8. The Morgan fingerprint density at radius 2 is 1.61 bits per heavy atom. The zero-order valence-corrected chi connectivity index (χ0v) is 25.8. The summed E-state index contributed by atoms with van der Waals surface area (Å²) in [4.78, 5) is 53.2. The molecule has 4 rings (SSSR count). The number of esters is 2. The summed E-state index contributed by atoms with van der Waals surface area (Å²) in [5.74, 6) is -2.64. The molecule has 2 aliphatic heterocycles. The fourth-order valence-electron chi connectivity index (χ4n) is 5.10. The zero-order valence-electron chi connectivity index (χ0n) is 25.8. The maximum absolute atomic E-state index is 13.5. The van der Waals surface area contributed by atoms with Gasteiger partial charge in [0.25, 0.3) is 0 Å². The first-order valence-corrected chi connectivity index (χ1v) is 15.0. The number of benzene rings is 2. The fraction of sp³-hybridized carbons (Fsp3) is 0.471.